The number of nitrogens with zero attached hydrogens (tertiary/aromatic N) is 8. The molecule has 0 radical (unpaired) electrons. The van der Waals surface area contributed by atoms with Gasteiger partial charge in [-0.1, -0.05) is 10.2 Å². The van der Waals surface area contributed by atoms with Crippen LogP contribution in [0.5, 0.6) is 0 Å². The van der Waals surface area contributed by atoms with Crippen molar-refractivity contribution >= 4 is 11.9 Å². The molecule has 20 heteroatoms. The topological polar surface area (TPSA) is 278 Å². The Labute approximate surface area is 245 Å². The molecule has 2 aliphatic heterocycles. The van der Waals surface area contributed by atoms with Gasteiger partial charge in [-0.15, -0.1) is 0 Å². The van der Waals surface area contributed by atoms with E-state index in [2.05, 4.69) is 30.0 Å². The number of H-pyrrole nitrogens is 2. The average Bonchev–Trinajstić information content (AvgIpc) is 3.57. The number of nitrogens with one attached hydrogen (secondary N) is 2. The fourth-order valence-electron chi connectivity index (χ4n) is 4.75. The van der Waals surface area contributed by atoms with E-state index in [4.69, 9.17) is 30.0 Å². The zero-order chi connectivity index (χ0) is 32.0. The molecule has 6 atom stereocenters. The van der Waals surface area contributed by atoms with Gasteiger partial charge in [0.15, 0.2) is 0 Å². The molecule has 44 heavy (non-hydrogen) atoms. The van der Waals surface area contributed by atoms with Crippen molar-refractivity contribution in [3.05, 3.63) is 86.1 Å². The molecule has 4 heterocycles. The number of rotatable bonds is 11. The molecule has 0 saturated carbocycles. The van der Waals surface area contributed by atoms with Crippen molar-refractivity contribution in [3.8, 4) is 0 Å². The quantitative estimate of drug-likeness (QED) is 0.153. The van der Waals surface area contributed by atoms with Gasteiger partial charge in [-0.2, -0.15) is 0 Å². The lowest BCUT2D eigenvalue weighted by molar-refractivity contribution is -0.155. The van der Waals surface area contributed by atoms with Gasteiger partial charge in [0.1, 0.15) is 37.9 Å². The minimum atomic E-state index is -0.894. The first-order valence-electron chi connectivity index (χ1n) is 13.4. The van der Waals surface area contributed by atoms with Gasteiger partial charge in [0.25, 0.3) is 11.1 Å². The van der Waals surface area contributed by atoms with Crippen LogP contribution in [0.4, 0.5) is 0 Å². The molecule has 2 saturated heterocycles. The molecular weight excluding hydrogens is 588 g/mol. The lowest BCUT2D eigenvalue weighted by Gasteiger charge is -2.17. The van der Waals surface area contributed by atoms with Gasteiger partial charge in [-0.05, 0) is 24.9 Å². The van der Waals surface area contributed by atoms with Crippen LogP contribution in [0.15, 0.2) is 41.8 Å². The van der Waals surface area contributed by atoms with Crippen LogP contribution in [0, 0.1) is 13.8 Å². The molecule has 2 N–H and O–H groups in total. The van der Waals surface area contributed by atoms with Crippen LogP contribution >= 0.6 is 0 Å². The molecule has 0 bridgehead atoms. The Morgan fingerprint density at radius 1 is 0.818 bits per heavy atom. The van der Waals surface area contributed by atoms with Crippen molar-refractivity contribution in [3.63, 3.8) is 0 Å². The predicted molar refractivity (Wildman–Crippen MR) is 146 cm³/mol. The zero-order valence-corrected chi connectivity index (χ0v) is 23.5. The number of hydrogen-bond acceptors (Lipinski definition) is 12. The van der Waals surface area contributed by atoms with Crippen LogP contribution in [0.3, 0.4) is 0 Å². The monoisotopic (exact) mass is 616 g/mol. The van der Waals surface area contributed by atoms with Crippen LogP contribution < -0.4 is 22.5 Å². The first kappa shape index (κ1) is 31.8. The fourth-order valence-corrected chi connectivity index (χ4v) is 4.75. The molecule has 0 spiro atoms. The van der Waals surface area contributed by atoms with Gasteiger partial charge in [0.2, 0.25) is 0 Å². The summed E-state index contributed by atoms with van der Waals surface area (Å²) in [6.45, 7) is 2.35. The summed E-state index contributed by atoms with van der Waals surface area (Å²) >= 11 is 0. The molecule has 0 aromatic carbocycles. The van der Waals surface area contributed by atoms with Gasteiger partial charge in [0.05, 0.1) is 24.9 Å². The molecule has 0 aliphatic carbocycles. The van der Waals surface area contributed by atoms with E-state index in [1.165, 1.54) is 26.2 Å². The molecule has 2 aliphatic rings. The molecule has 2 aromatic rings. The van der Waals surface area contributed by atoms with E-state index < -0.39 is 71.2 Å². The summed E-state index contributed by atoms with van der Waals surface area (Å²) in [7, 11) is 0. The molecule has 4 rings (SSSR count). The van der Waals surface area contributed by atoms with E-state index in [0.717, 1.165) is 9.13 Å². The maximum Gasteiger partial charge on any atom is 0.330 e. The molecule has 6 unspecified atom stereocenters. The minimum Gasteiger partial charge on any atom is -0.463 e. The Hall–Kier alpha value is -5.16. The van der Waals surface area contributed by atoms with Crippen molar-refractivity contribution in [2.45, 2.75) is 76.3 Å². The number of carbonyl (C=O) groups is 2. The number of hydrogen-bond donors (Lipinski definition) is 2. The van der Waals surface area contributed by atoms with Crippen LogP contribution in [0.25, 0.3) is 20.9 Å². The number of aromatic nitrogens is 4. The third-order valence-corrected chi connectivity index (χ3v) is 7.07. The summed E-state index contributed by atoms with van der Waals surface area (Å²) in [6, 6.07) is -1.56. The van der Waals surface area contributed by atoms with Crippen LogP contribution in [-0.2, 0) is 28.5 Å². The van der Waals surface area contributed by atoms with Gasteiger partial charge in [-0.3, -0.25) is 38.3 Å². The number of esters is 2. The van der Waals surface area contributed by atoms with Crippen molar-refractivity contribution in [1.29, 1.82) is 0 Å². The summed E-state index contributed by atoms with van der Waals surface area (Å²) < 4.78 is 24.2. The van der Waals surface area contributed by atoms with Gasteiger partial charge in [-0.25, -0.2) is 9.59 Å². The summed E-state index contributed by atoms with van der Waals surface area (Å²) in [5, 5.41) is 7.30. The summed E-state index contributed by atoms with van der Waals surface area (Å²) in [5.74, 6) is -1.55. The van der Waals surface area contributed by atoms with Crippen molar-refractivity contribution in [1.82, 2.24) is 19.1 Å². The second kappa shape index (κ2) is 13.9. The van der Waals surface area contributed by atoms with E-state index in [1.807, 2.05) is 0 Å². The minimum absolute atomic E-state index is 0.0847. The van der Waals surface area contributed by atoms with E-state index in [1.54, 1.807) is 0 Å². The van der Waals surface area contributed by atoms with Crippen LogP contribution in [-0.4, -0.2) is 68.5 Å². The maximum atomic E-state index is 12.3. The second-order valence-corrected chi connectivity index (χ2v) is 10.1. The first-order chi connectivity index (χ1) is 21.0. The van der Waals surface area contributed by atoms with E-state index >= 15 is 0 Å². The standard InChI is InChI=1S/C24H28N10O10/c1-11-7-33(23(39)27-21(11)37)17-5-13(29-31-25)15(43-17)9-41-19(35)3-4-20(36)42-10-16-14(30-32-26)6-18(44-16)34-8-12(2)22(38)28-24(34)40/h7-8,13-18H,3-6,9-10H2,1-2H3,(H,27,37,39)(H,28,38,40). The van der Waals surface area contributed by atoms with Crippen molar-refractivity contribution < 1.29 is 28.5 Å². The molecule has 2 fully saturated rings. The number of aromatic amines is 2. The van der Waals surface area contributed by atoms with E-state index in [-0.39, 0.29) is 50.0 Å². The number of ether oxygens (including phenoxy) is 4. The zero-order valence-electron chi connectivity index (χ0n) is 23.5. The third kappa shape index (κ3) is 7.42. The van der Waals surface area contributed by atoms with Crippen LogP contribution in [0.1, 0.15) is 49.3 Å². The summed E-state index contributed by atoms with van der Waals surface area (Å²) in [5.41, 5.74) is 15.8. The largest absolute Gasteiger partial charge is 0.463 e. The molecule has 20 nitrogen and oxygen atoms in total. The number of aryl methyl sites for hydroxylation is 2. The Kier molecular flexibility index (Phi) is 10.0. The SMILES string of the molecule is Cc1cn(C2CC(N=[N+]=[N-])C(COC(=O)CCC(=O)OCC3OC(n4cc(C)c(=O)[nH]c4=O)CC3N=[N+]=[N-])O2)c(=O)[nH]c1=O. The maximum absolute atomic E-state index is 12.3. The van der Waals surface area contributed by atoms with Gasteiger partial charge in [0, 0.05) is 46.2 Å². The lowest BCUT2D eigenvalue weighted by atomic mass is 10.1. The highest BCUT2D eigenvalue weighted by atomic mass is 16.6. The Balaban J connectivity index is 1.26. The third-order valence-electron chi connectivity index (χ3n) is 7.07. The second-order valence-electron chi connectivity index (χ2n) is 10.1. The normalized spacial score (nSPS) is 24.2. The molecule has 0 amide bonds. The van der Waals surface area contributed by atoms with Crippen molar-refractivity contribution in [2.24, 2.45) is 10.2 Å². The van der Waals surface area contributed by atoms with Crippen LogP contribution in [0.2, 0.25) is 0 Å². The summed E-state index contributed by atoms with van der Waals surface area (Å²) in [6.07, 6.45) is -1.48. The molecule has 234 valence electrons. The highest BCUT2D eigenvalue weighted by molar-refractivity contribution is 5.77. The van der Waals surface area contributed by atoms with E-state index in [0.29, 0.717) is 0 Å². The first-order valence-corrected chi connectivity index (χ1v) is 13.4. The lowest BCUT2D eigenvalue weighted by Crippen LogP contribution is -2.33. The fraction of sp³-hybridized carbons (Fsp3) is 0.583. The Morgan fingerprint density at radius 3 is 1.57 bits per heavy atom. The highest BCUT2D eigenvalue weighted by Crippen LogP contribution is 2.31. The van der Waals surface area contributed by atoms with Gasteiger partial charge >= 0.3 is 23.3 Å². The van der Waals surface area contributed by atoms with Gasteiger partial charge < -0.3 is 18.9 Å². The van der Waals surface area contributed by atoms with E-state index in [9.17, 15) is 28.8 Å². The smallest absolute Gasteiger partial charge is 0.330 e. The van der Waals surface area contributed by atoms with Crippen molar-refractivity contribution in [2.75, 3.05) is 13.2 Å². The number of azide groups is 2. The Morgan fingerprint density at radius 2 is 1.20 bits per heavy atom. The highest BCUT2D eigenvalue weighted by Gasteiger charge is 2.38. The number of carbonyl (C=O) groups excluding carboxylic acids is 2. The average molecular weight is 617 g/mol. The summed E-state index contributed by atoms with van der Waals surface area (Å²) in [4.78, 5) is 82.2. The molecule has 2 aromatic heterocycles. The predicted octanol–water partition coefficient (Wildman–Crippen LogP) is 0.503. The molecular formula is C24H28N10O10. The Bertz CT molecular complexity index is 1620.